The molecule has 1 heterocycles. The Labute approximate surface area is 362 Å². The molecule has 342 valence electrons. The van der Waals surface area contributed by atoms with Crippen LogP contribution < -0.4 is 5.32 Å². The molecule has 11 atom stereocenters. The number of aliphatic hydroxyl groups excluding tert-OH is 2. The number of fused-ring (bicyclic) bond motifs is 5. The SMILES string of the molecule is CC(=O)O[C@H]1C(=O)[C@@]2(C)[C@H]([C@H](OC(=O)c3ccc(F)cc3)[C@]3(O)C[C@H](OC(=O)[C@H](O)[C@@H](NC(=O)OC(C)(C)C)c4ccc(F)cc4)C(C)=C1C3(C)C)[C@]1(OC(C)=O)CO[C@@H]1C[C@@H]2O. The molecule has 16 nitrogen and oxygen atoms in total. The van der Waals surface area contributed by atoms with Gasteiger partial charge in [-0.2, -0.15) is 0 Å². The normalized spacial score (nSPS) is 31.9. The van der Waals surface area contributed by atoms with E-state index in [1.807, 2.05) is 0 Å². The number of carbonyl (C=O) groups excluding carboxylic acids is 6. The monoisotopic (exact) mass is 885 g/mol. The average molecular weight is 886 g/mol. The van der Waals surface area contributed by atoms with Gasteiger partial charge in [0.1, 0.15) is 41.1 Å². The van der Waals surface area contributed by atoms with E-state index in [2.05, 4.69) is 5.32 Å². The minimum Gasteiger partial charge on any atom is -0.456 e. The third kappa shape index (κ3) is 8.33. The molecule has 3 aliphatic carbocycles. The largest absolute Gasteiger partial charge is 0.456 e. The summed E-state index contributed by atoms with van der Waals surface area (Å²) in [5.41, 5.74) is -9.48. The number of hydrogen-bond acceptors (Lipinski definition) is 15. The molecule has 1 amide bonds. The number of rotatable bonds is 9. The van der Waals surface area contributed by atoms with Gasteiger partial charge in [-0.1, -0.05) is 26.0 Å². The summed E-state index contributed by atoms with van der Waals surface area (Å²) in [7, 11) is 0. The van der Waals surface area contributed by atoms with Crippen LogP contribution in [0, 0.1) is 28.4 Å². The van der Waals surface area contributed by atoms with Gasteiger partial charge >= 0.3 is 30.0 Å². The first-order valence-electron chi connectivity index (χ1n) is 20.4. The number of esters is 4. The Kier molecular flexibility index (Phi) is 12.5. The summed E-state index contributed by atoms with van der Waals surface area (Å²) in [4.78, 5) is 82.8. The maximum absolute atomic E-state index is 15.4. The summed E-state index contributed by atoms with van der Waals surface area (Å²) in [5.74, 6) is -8.27. The molecule has 2 aromatic rings. The Morgan fingerprint density at radius 1 is 0.905 bits per heavy atom. The second kappa shape index (κ2) is 16.7. The molecular formula is C45H53F2NO15. The van der Waals surface area contributed by atoms with Crippen LogP contribution in [0.15, 0.2) is 59.7 Å². The zero-order chi connectivity index (χ0) is 46.8. The van der Waals surface area contributed by atoms with E-state index >= 15 is 4.79 Å². The van der Waals surface area contributed by atoms with Crippen molar-refractivity contribution in [2.24, 2.45) is 16.7 Å². The standard InChI is InChI=1S/C45H53F2NO15/c1-21-28(60-39(55)33(52)32(24-10-14-26(46)15-11-24)48-40(56)63-41(4,5)6)19-45(57)37(61-38(54)25-12-16-27(47)17-13-25)35-43(9,29(51)18-30-44(35,20-58-30)62-23(3)50)36(53)34(59-22(2)49)31(21)42(45,7)8/h10-17,28-30,32-35,37,51-52,57H,18-20H2,1-9H3,(H,48,56)/t28-,29-,30+,32-,33+,34+,35-,37-,43+,44-,45+/m0/s1. The van der Waals surface area contributed by atoms with E-state index in [-0.39, 0.29) is 28.7 Å². The minimum atomic E-state index is -2.52. The lowest BCUT2D eigenvalue weighted by molar-refractivity contribution is -0.346. The van der Waals surface area contributed by atoms with E-state index < -0.39 is 137 Å². The summed E-state index contributed by atoms with van der Waals surface area (Å²) in [5, 5.41) is 39.7. The van der Waals surface area contributed by atoms with Gasteiger partial charge in [0.2, 0.25) is 0 Å². The lowest BCUT2D eigenvalue weighted by Gasteiger charge is -2.67. The molecule has 18 heteroatoms. The molecule has 6 rings (SSSR count). The van der Waals surface area contributed by atoms with E-state index in [1.165, 1.54) is 39.8 Å². The predicted octanol–water partition coefficient (Wildman–Crippen LogP) is 4.11. The summed E-state index contributed by atoms with van der Waals surface area (Å²) in [6, 6.07) is 7.13. The van der Waals surface area contributed by atoms with E-state index in [1.54, 1.807) is 20.8 Å². The lowest BCUT2D eigenvalue weighted by Crippen LogP contribution is -2.82. The van der Waals surface area contributed by atoms with Crippen molar-refractivity contribution in [1.29, 1.82) is 0 Å². The number of nitrogens with one attached hydrogen (secondary N) is 1. The van der Waals surface area contributed by atoms with Gasteiger partial charge in [-0.05, 0) is 87.7 Å². The van der Waals surface area contributed by atoms with Gasteiger partial charge in [0, 0.05) is 32.1 Å². The van der Waals surface area contributed by atoms with Crippen LogP contribution in [-0.2, 0) is 47.6 Å². The summed E-state index contributed by atoms with van der Waals surface area (Å²) >= 11 is 0. The van der Waals surface area contributed by atoms with Crippen LogP contribution in [0.5, 0.6) is 0 Å². The molecule has 1 saturated heterocycles. The molecule has 2 saturated carbocycles. The van der Waals surface area contributed by atoms with E-state index in [0.29, 0.717) is 0 Å². The second-order valence-electron chi connectivity index (χ2n) is 18.4. The van der Waals surface area contributed by atoms with Crippen molar-refractivity contribution in [2.45, 2.75) is 135 Å². The number of benzene rings is 2. The maximum atomic E-state index is 15.4. The van der Waals surface area contributed by atoms with Crippen LogP contribution in [0.2, 0.25) is 0 Å². The number of ketones is 1. The molecular weight excluding hydrogens is 832 g/mol. The minimum absolute atomic E-state index is 0.0619. The third-order valence-electron chi connectivity index (χ3n) is 13.0. The van der Waals surface area contributed by atoms with Crippen molar-refractivity contribution >= 4 is 35.8 Å². The molecule has 0 aromatic heterocycles. The Morgan fingerprint density at radius 3 is 2.02 bits per heavy atom. The first kappa shape index (κ1) is 47.2. The van der Waals surface area contributed by atoms with Gasteiger partial charge in [-0.3, -0.25) is 14.4 Å². The number of alkyl carbamates (subject to hydrolysis) is 1. The number of ether oxygens (including phenoxy) is 6. The Morgan fingerprint density at radius 2 is 1.49 bits per heavy atom. The summed E-state index contributed by atoms with van der Waals surface area (Å²) < 4.78 is 63.3. The molecule has 4 aliphatic rings. The molecule has 2 bridgehead atoms. The van der Waals surface area contributed by atoms with Crippen molar-refractivity contribution in [2.75, 3.05) is 6.61 Å². The average Bonchev–Trinajstić information content (AvgIpc) is 3.17. The smallest absolute Gasteiger partial charge is 0.408 e. The van der Waals surface area contributed by atoms with Crippen LogP contribution >= 0.6 is 0 Å². The topological polar surface area (TPSA) is 231 Å². The maximum Gasteiger partial charge on any atom is 0.408 e. The summed E-state index contributed by atoms with van der Waals surface area (Å²) in [6.07, 6.45) is -12.5. The van der Waals surface area contributed by atoms with Gasteiger partial charge in [0.15, 0.2) is 23.6 Å². The van der Waals surface area contributed by atoms with Gasteiger partial charge in [-0.15, -0.1) is 0 Å². The Bertz CT molecular complexity index is 2200. The molecule has 63 heavy (non-hydrogen) atoms. The van der Waals surface area contributed by atoms with Crippen LogP contribution in [0.4, 0.5) is 13.6 Å². The van der Waals surface area contributed by atoms with Gasteiger partial charge in [0.05, 0.1) is 35.6 Å². The first-order chi connectivity index (χ1) is 29.2. The molecule has 0 radical (unpaired) electrons. The highest BCUT2D eigenvalue weighted by atomic mass is 19.1. The number of hydrogen-bond donors (Lipinski definition) is 4. The van der Waals surface area contributed by atoms with Gasteiger partial charge in [-0.25, -0.2) is 23.2 Å². The number of Topliss-reactive ketones (excluding diaryl/α,β-unsaturated/α-hetero) is 1. The van der Waals surface area contributed by atoms with Crippen molar-refractivity contribution in [3.8, 4) is 0 Å². The Hall–Kier alpha value is -5.30. The Balaban J connectivity index is 1.54. The first-order valence-corrected chi connectivity index (χ1v) is 20.4. The van der Waals surface area contributed by atoms with Gasteiger partial charge in [0.25, 0.3) is 0 Å². The molecule has 3 fully saturated rings. The number of aliphatic hydroxyl groups is 3. The number of amides is 1. The zero-order valence-corrected chi connectivity index (χ0v) is 36.4. The van der Waals surface area contributed by atoms with Crippen LogP contribution in [0.25, 0.3) is 0 Å². The van der Waals surface area contributed by atoms with Crippen LogP contribution in [0.1, 0.15) is 97.1 Å². The summed E-state index contributed by atoms with van der Waals surface area (Å²) in [6.45, 7) is 12.2. The zero-order valence-electron chi connectivity index (χ0n) is 36.4. The highest BCUT2D eigenvalue weighted by Crippen LogP contribution is 2.64. The van der Waals surface area contributed by atoms with Crippen molar-refractivity contribution in [3.05, 3.63) is 82.4 Å². The molecule has 1 aliphatic heterocycles. The predicted molar refractivity (Wildman–Crippen MR) is 213 cm³/mol. The molecule has 0 spiro atoms. The fraction of sp³-hybridized carbons (Fsp3) is 0.556. The number of carbonyl (C=O) groups is 6. The van der Waals surface area contributed by atoms with Gasteiger partial charge < -0.3 is 49.1 Å². The second-order valence-corrected chi connectivity index (χ2v) is 18.4. The highest BCUT2D eigenvalue weighted by molar-refractivity contribution is 5.95. The van der Waals surface area contributed by atoms with E-state index in [4.69, 9.17) is 28.4 Å². The fourth-order valence-corrected chi connectivity index (χ4v) is 9.82. The van der Waals surface area contributed by atoms with Crippen LogP contribution in [-0.4, -0.2) is 111 Å². The van der Waals surface area contributed by atoms with Crippen molar-refractivity contribution in [3.63, 3.8) is 0 Å². The number of halogens is 2. The highest BCUT2D eigenvalue weighted by Gasteiger charge is 2.78. The van der Waals surface area contributed by atoms with Crippen molar-refractivity contribution in [1.82, 2.24) is 5.32 Å². The van der Waals surface area contributed by atoms with E-state index in [9.17, 15) is 48.1 Å². The van der Waals surface area contributed by atoms with Crippen LogP contribution in [0.3, 0.4) is 0 Å². The lowest BCUT2D eigenvalue weighted by atomic mass is 9.44. The molecule has 2 aromatic carbocycles. The molecule has 0 unspecified atom stereocenters. The quantitative estimate of drug-likeness (QED) is 0.158. The third-order valence-corrected chi connectivity index (χ3v) is 13.0. The molecule has 4 N–H and O–H groups in total. The fourth-order valence-electron chi connectivity index (χ4n) is 9.82. The van der Waals surface area contributed by atoms with Crippen molar-refractivity contribution < 1.29 is 81.3 Å². The van der Waals surface area contributed by atoms with E-state index in [0.717, 1.165) is 50.2 Å².